The van der Waals surface area contributed by atoms with Gasteiger partial charge in [-0.05, 0) is 38.3 Å². The average molecular weight is 314 g/mol. The smallest absolute Gasteiger partial charge is 0.255 e. The fourth-order valence-corrected chi connectivity index (χ4v) is 2.75. The van der Waals surface area contributed by atoms with Gasteiger partial charge in [0.2, 0.25) is 0 Å². The molecule has 0 atom stereocenters. The van der Waals surface area contributed by atoms with Crippen molar-refractivity contribution in [2.45, 2.75) is 46.1 Å². The Labute approximate surface area is 137 Å². The van der Waals surface area contributed by atoms with Crippen molar-refractivity contribution in [1.82, 2.24) is 15.1 Å². The van der Waals surface area contributed by atoms with Crippen LogP contribution in [-0.4, -0.2) is 27.8 Å². The summed E-state index contributed by atoms with van der Waals surface area (Å²) in [6.07, 6.45) is 3.23. The van der Waals surface area contributed by atoms with Crippen LogP contribution in [0.4, 0.5) is 0 Å². The van der Waals surface area contributed by atoms with E-state index in [9.17, 15) is 4.79 Å². The largest absolute Gasteiger partial charge is 0.345 e. The molecule has 2 rings (SSSR count). The number of amides is 1. The first-order valence-corrected chi connectivity index (χ1v) is 8.11. The predicted molar refractivity (Wildman–Crippen MR) is 92.9 cm³/mol. The molecule has 0 unspecified atom stereocenters. The van der Waals surface area contributed by atoms with Crippen molar-refractivity contribution < 1.29 is 4.79 Å². The van der Waals surface area contributed by atoms with Gasteiger partial charge in [-0.2, -0.15) is 5.10 Å². The number of aryl methyl sites for hydroxylation is 1. The second-order valence-corrected chi connectivity index (χ2v) is 5.99. The topological polar surface area (TPSA) is 72.9 Å². The van der Waals surface area contributed by atoms with Crippen molar-refractivity contribution >= 4 is 5.91 Å². The fourth-order valence-electron chi connectivity index (χ4n) is 2.75. The van der Waals surface area contributed by atoms with Crippen LogP contribution in [0.2, 0.25) is 0 Å². The van der Waals surface area contributed by atoms with Crippen LogP contribution in [0.25, 0.3) is 5.69 Å². The molecular weight excluding hydrogens is 288 g/mol. The van der Waals surface area contributed by atoms with Crippen LogP contribution < -0.4 is 11.1 Å². The molecule has 1 aromatic heterocycles. The SMILES string of the molecule is CCC(CC)(CN)NC(=O)c1cnn(-c2ccccc2C)c1C. The van der Waals surface area contributed by atoms with E-state index in [0.29, 0.717) is 12.1 Å². The molecule has 1 amide bonds. The van der Waals surface area contributed by atoms with Gasteiger partial charge in [0, 0.05) is 6.54 Å². The second-order valence-electron chi connectivity index (χ2n) is 5.99. The van der Waals surface area contributed by atoms with E-state index < -0.39 is 0 Å². The Bertz CT molecular complexity index is 678. The maximum Gasteiger partial charge on any atom is 0.255 e. The van der Waals surface area contributed by atoms with E-state index in [1.54, 1.807) is 6.20 Å². The van der Waals surface area contributed by atoms with Crippen LogP contribution in [-0.2, 0) is 0 Å². The Balaban J connectivity index is 2.32. The minimum atomic E-state index is -0.353. The Morgan fingerprint density at radius 1 is 1.26 bits per heavy atom. The summed E-state index contributed by atoms with van der Waals surface area (Å²) in [4.78, 5) is 12.7. The minimum Gasteiger partial charge on any atom is -0.345 e. The molecule has 0 aliphatic rings. The fraction of sp³-hybridized carbons (Fsp3) is 0.444. The summed E-state index contributed by atoms with van der Waals surface area (Å²) in [6, 6.07) is 7.99. The molecule has 23 heavy (non-hydrogen) atoms. The molecule has 3 N–H and O–H groups in total. The quantitative estimate of drug-likeness (QED) is 0.861. The number of rotatable bonds is 6. The Hall–Kier alpha value is -2.14. The molecule has 1 heterocycles. The third-order valence-corrected chi connectivity index (χ3v) is 4.72. The van der Waals surface area contributed by atoms with Gasteiger partial charge in [0.15, 0.2) is 0 Å². The average Bonchev–Trinajstić information content (AvgIpc) is 2.95. The summed E-state index contributed by atoms with van der Waals surface area (Å²) < 4.78 is 1.81. The molecule has 0 saturated carbocycles. The number of carbonyl (C=O) groups is 1. The van der Waals surface area contributed by atoms with Crippen LogP contribution >= 0.6 is 0 Å². The third-order valence-electron chi connectivity index (χ3n) is 4.72. The number of carbonyl (C=O) groups excluding carboxylic acids is 1. The van der Waals surface area contributed by atoms with Crippen LogP contribution in [0, 0.1) is 13.8 Å². The van der Waals surface area contributed by atoms with Gasteiger partial charge in [-0.3, -0.25) is 4.79 Å². The molecule has 0 saturated heterocycles. The standard InChI is InChI=1S/C18H26N4O/c1-5-18(6-2,12-19)21-17(23)15-11-20-22(14(15)4)16-10-8-7-9-13(16)3/h7-11H,5-6,12,19H2,1-4H3,(H,21,23). The molecule has 0 radical (unpaired) electrons. The molecule has 5 heteroatoms. The van der Waals surface area contributed by atoms with Crippen molar-refractivity contribution in [2.24, 2.45) is 5.73 Å². The summed E-state index contributed by atoms with van der Waals surface area (Å²) >= 11 is 0. The number of nitrogens with one attached hydrogen (secondary N) is 1. The highest BCUT2D eigenvalue weighted by atomic mass is 16.1. The zero-order valence-electron chi connectivity index (χ0n) is 14.4. The first-order valence-electron chi connectivity index (χ1n) is 8.11. The number of benzene rings is 1. The second kappa shape index (κ2) is 6.96. The van der Waals surface area contributed by atoms with Gasteiger partial charge in [-0.25, -0.2) is 4.68 Å². The Morgan fingerprint density at radius 2 is 1.91 bits per heavy atom. The zero-order valence-corrected chi connectivity index (χ0v) is 14.4. The third kappa shape index (κ3) is 3.29. The van der Waals surface area contributed by atoms with E-state index in [1.807, 2.05) is 56.6 Å². The van der Waals surface area contributed by atoms with Crippen molar-refractivity contribution in [3.05, 3.63) is 47.3 Å². The molecular formula is C18H26N4O. The van der Waals surface area contributed by atoms with E-state index in [-0.39, 0.29) is 11.4 Å². The molecule has 0 spiro atoms. The van der Waals surface area contributed by atoms with Crippen molar-refractivity contribution in [3.8, 4) is 5.69 Å². The molecule has 0 fully saturated rings. The lowest BCUT2D eigenvalue weighted by Gasteiger charge is -2.31. The molecule has 0 bridgehead atoms. The molecule has 0 aliphatic carbocycles. The number of para-hydroxylation sites is 1. The van der Waals surface area contributed by atoms with Crippen molar-refractivity contribution in [2.75, 3.05) is 6.54 Å². The maximum absolute atomic E-state index is 12.7. The van der Waals surface area contributed by atoms with E-state index in [1.165, 1.54) is 0 Å². The lowest BCUT2D eigenvalue weighted by atomic mass is 9.92. The highest BCUT2D eigenvalue weighted by Crippen LogP contribution is 2.19. The minimum absolute atomic E-state index is 0.114. The van der Waals surface area contributed by atoms with Crippen LogP contribution in [0.15, 0.2) is 30.5 Å². The zero-order chi connectivity index (χ0) is 17.0. The Morgan fingerprint density at radius 3 is 2.48 bits per heavy atom. The van der Waals surface area contributed by atoms with Gasteiger partial charge < -0.3 is 11.1 Å². The summed E-state index contributed by atoms with van der Waals surface area (Å²) in [5.41, 5.74) is 9.04. The first-order chi connectivity index (χ1) is 11.0. The molecule has 0 aliphatic heterocycles. The molecule has 2 aromatic rings. The molecule has 124 valence electrons. The van der Waals surface area contributed by atoms with Crippen LogP contribution in [0.5, 0.6) is 0 Å². The maximum atomic E-state index is 12.7. The van der Waals surface area contributed by atoms with Gasteiger partial charge in [-0.15, -0.1) is 0 Å². The van der Waals surface area contributed by atoms with E-state index in [0.717, 1.165) is 29.8 Å². The predicted octanol–water partition coefficient (Wildman–Crippen LogP) is 2.74. The summed E-state index contributed by atoms with van der Waals surface area (Å²) in [6.45, 7) is 8.46. The van der Waals surface area contributed by atoms with Gasteiger partial charge >= 0.3 is 0 Å². The number of hydrogen-bond acceptors (Lipinski definition) is 3. The Kier molecular flexibility index (Phi) is 5.21. The lowest BCUT2D eigenvalue weighted by Crippen LogP contribution is -2.52. The number of nitrogens with two attached hydrogens (primary N) is 1. The summed E-state index contributed by atoms with van der Waals surface area (Å²) in [7, 11) is 0. The number of nitrogens with zero attached hydrogens (tertiary/aromatic N) is 2. The van der Waals surface area contributed by atoms with E-state index >= 15 is 0 Å². The highest BCUT2D eigenvalue weighted by Gasteiger charge is 2.28. The lowest BCUT2D eigenvalue weighted by molar-refractivity contribution is 0.0894. The first kappa shape index (κ1) is 17.2. The number of hydrogen-bond donors (Lipinski definition) is 2. The summed E-state index contributed by atoms with van der Waals surface area (Å²) in [5, 5.41) is 7.50. The van der Waals surface area contributed by atoms with E-state index in [4.69, 9.17) is 5.73 Å². The van der Waals surface area contributed by atoms with Crippen LogP contribution in [0.1, 0.15) is 48.3 Å². The van der Waals surface area contributed by atoms with Gasteiger partial charge in [0.1, 0.15) is 0 Å². The van der Waals surface area contributed by atoms with Gasteiger partial charge in [0.05, 0.1) is 28.7 Å². The molecule has 1 aromatic carbocycles. The van der Waals surface area contributed by atoms with Crippen LogP contribution in [0.3, 0.4) is 0 Å². The van der Waals surface area contributed by atoms with E-state index in [2.05, 4.69) is 10.4 Å². The highest BCUT2D eigenvalue weighted by molar-refractivity contribution is 5.95. The van der Waals surface area contributed by atoms with Gasteiger partial charge in [0.25, 0.3) is 5.91 Å². The normalized spacial score (nSPS) is 11.5. The van der Waals surface area contributed by atoms with Gasteiger partial charge in [-0.1, -0.05) is 32.0 Å². The monoisotopic (exact) mass is 314 g/mol. The number of aromatic nitrogens is 2. The molecule has 5 nitrogen and oxygen atoms in total. The van der Waals surface area contributed by atoms with Crippen molar-refractivity contribution in [3.63, 3.8) is 0 Å². The van der Waals surface area contributed by atoms with Crippen molar-refractivity contribution in [1.29, 1.82) is 0 Å². The summed E-state index contributed by atoms with van der Waals surface area (Å²) in [5.74, 6) is -0.114.